The summed E-state index contributed by atoms with van der Waals surface area (Å²) in [5.41, 5.74) is 0.297. The predicted molar refractivity (Wildman–Crippen MR) is 67.8 cm³/mol. The summed E-state index contributed by atoms with van der Waals surface area (Å²) in [5, 5.41) is 0. The van der Waals surface area contributed by atoms with Gasteiger partial charge in [-0.05, 0) is 12.3 Å². The van der Waals surface area contributed by atoms with Crippen LogP contribution < -0.4 is 0 Å². The number of ketones is 1. The summed E-state index contributed by atoms with van der Waals surface area (Å²) >= 11 is 0. The molecule has 0 aromatic rings. The Hall–Kier alpha value is -0.900. The Balaban J connectivity index is 2.35. The van der Waals surface area contributed by atoms with Crippen molar-refractivity contribution in [3.63, 3.8) is 0 Å². The summed E-state index contributed by atoms with van der Waals surface area (Å²) in [6.07, 6.45) is 0.0548. The maximum atomic E-state index is 11.7. The molecule has 0 atom stereocenters. The molecule has 0 radical (unpaired) electrons. The highest BCUT2D eigenvalue weighted by Crippen LogP contribution is 2.16. The lowest BCUT2D eigenvalue weighted by molar-refractivity contribution is -0.136. The fourth-order valence-corrected chi connectivity index (χ4v) is 2.15. The number of rotatable bonds is 3. The number of carbonyl (C=O) groups is 2. The molecule has 1 amide bonds. The van der Waals surface area contributed by atoms with E-state index in [9.17, 15) is 9.59 Å². The minimum atomic E-state index is -0.0490. The molecular formula is C13H24N2O2. The molecule has 1 heterocycles. The van der Waals surface area contributed by atoms with E-state index in [0.717, 1.165) is 32.7 Å². The van der Waals surface area contributed by atoms with Gasteiger partial charge in [0.1, 0.15) is 5.78 Å². The van der Waals surface area contributed by atoms with Gasteiger partial charge in [-0.25, -0.2) is 0 Å². The molecule has 98 valence electrons. The normalized spacial score (nSPS) is 18.2. The van der Waals surface area contributed by atoms with Gasteiger partial charge >= 0.3 is 0 Å². The molecule has 0 spiro atoms. The van der Waals surface area contributed by atoms with Crippen LogP contribution in [-0.4, -0.2) is 54.2 Å². The summed E-state index contributed by atoms with van der Waals surface area (Å²) in [6, 6.07) is 0. The number of hydrogen-bond acceptors (Lipinski definition) is 3. The van der Waals surface area contributed by atoms with E-state index in [-0.39, 0.29) is 18.1 Å². The lowest BCUT2D eigenvalue weighted by atomic mass is 9.96. The Morgan fingerprint density at radius 3 is 2.00 bits per heavy atom. The predicted octanol–water partition coefficient (Wildman–Crippen LogP) is 1.16. The van der Waals surface area contributed by atoms with Gasteiger partial charge in [0.2, 0.25) is 5.91 Å². The van der Waals surface area contributed by atoms with E-state index < -0.39 is 0 Å². The highest BCUT2D eigenvalue weighted by Gasteiger charge is 2.24. The van der Waals surface area contributed by atoms with Crippen molar-refractivity contribution < 1.29 is 9.59 Å². The third kappa shape index (κ3) is 5.31. The van der Waals surface area contributed by atoms with Crippen molar-refractivity contribution >= 4 is 11.7 Å². The highest BCUT2D eigenvalue weighted by atomic mass is 16.2. The van der Waals surface area contributed by atoms with Crippen LogP contribution >= 0.6 is 0 Å². The molecule has 0 saturated carbocycles. The topological polar surface area (TPSA) is 40.6 Å². The second kappa shape index (κ2) is 5.63. The smallest absolute Gasteiger partial charge is 0.230 e. The summed E-state index contributed by atoms with van der Waals surface area (Å²) in [6.45, 7) is 12.5. The Labute approximate surface area is 104 Å². The first kappa shape index (κ1) is 14.2. The Bertz CT molecular complexity index is 286. The molecule has 1 aliphatic heterocycles. The fourth-order valence-electron chi connectivity index (χ4n) is 2.15. The average Bonchev–Trinajstić information content (AvgIpc) is 2.15. The number of amides is 1. The lowest BCUT2D eigenvalue weighted by Crippen LogP contribution is -2.50. The van der Waals surface area contributed by atoms with Crippen molar-refractivity contribution in [1.29, 1.82) is 0 Å². The number of piperazine rings is 1. The van der Waals surface area contributed by atoms with Crippen LogP contribution in [0.15, 0.2) is 0 Å². The largest absolute Gasteiger partial charge is 0.340 e. The lowest BCUT2D eigenvalue weighted by Gasteiger charge is -2.37. The first-order chi connectivity index (χ1) is 7.78. The van der Waals surface area contributed by atoms with Crippen LogP contribution in [0.25, 0.3) is 0 Å². The molecule has 1 saturated heterocycles. The van der Waals surface area contributed by atoms with Crippen LogP contribution in [0, 0.1) is 5.41 Å². The maximum absolute atomic E-state index is 11.7. The molecule has 17 heavy (non-hydrogen) atoms. The molecule has 0 aromatic carbocycles. The van der Waals surface area contributed by atoms with Crippen molar-refractivity contribution in [2.24, 2.45) is 5.41 Å². The standard InChI is InChI=1S/C13H24N2O2/c1-11(16)9-12(17)15-7-5-14(6-8-15)10-13(2,3)4/h5-10H2,1-4H3. The Kier molecular flexibility index (Phi) is 4.69. The molecule has 0 unspecified atom stereocenters. The van der Waals surface area contributed by atoms with Crippen LogP contribution in [0.5, 0.6) is 0 Å². The summed E-state index contributed by atoms with van der Waals surface area (Å²) in [4.78, 5) is 26.8. The minimum Gasteiger partial charge on any atom is -0.340 e. The molecule has 4 heteroatoms. The van der Waals surface area contributed by atoms with Gasteiger partial charge in [0, 0.05) is 32.7 Å². The summed E-state index contributed by atoms with van der Waals surface area (Å²) in [5.74, 6) is -0.0694. The number of hydrogen-bond donors (Lipinski definition) is 0. The molecule has 0 aliphatic carbocycles. The molecule has 1 aliphatic rings. The zero-order valence-electron chi connectivity index (χ0n) is 11.5. The van der Waals surface area contributed by atoms with Gasteiger partial charge in [-0.3, -0.25) is 14.5 Å². The SMILES string of the molecule is CC(=O)CC(=O)N1CCN(CC(C)(C)C)CC1. The van der Waals surface area contributed by atoms with E-state index in [4.69, 9.17) is 0 Å². The van der Waals surface area contributed by atoms with Crippen LogP contribution in [0.1, 0.15) is 34.1 Å². The van der Waals surface area contributed by atoms with Crippen LogP contribution in [0.2, 0.25) is 0 Å². The van der Waals surface area contributed by atoms with E-state index in [0.29, 0.717) is 5.41 Å². The molecule has 0 bridgehead atoms. The third-order valence-corrected chi connectivity index (χ3v) is 2.82. The van der Waals surface area contributed by atoms with Gasteiger partial charge in [-0.2, -0.15) is 0 Å². The zero-order valence-corrected chi connectivity index (χ0v) is 11.5. The van der Waals surface area contributed by atoms with Crippen molar-refractivity contribution in [1.82, 2.24) is 9.80 Å². The van der Waals surface area contributed by atoms with Gasteiger partial charge in [0.15, 0.2) is 0 Å². The monoisotopic (exact) mass is 240 g/mol. The average molecular weight is 240 g/mol. The molecule has 1 fully saturated rings. The maximum Gasteiger partial charge on any atom is 0.230 e. The summed E-state index contributed by atoms with van der Waals surface area (Å²) < 4.78 is 0. The van der Waals surface area contributed by atoms with Crippen LogP contribution in [0.4, 0.5) is 0 Å². The van der Waals surface area contributed by atoms with Crippen molar-refractivity contribution in [3.8, 4) is 0 Å². The van der Waals surface area contributed by atoms with Gasteiger partial charge in [0.25, 0.3) is 0 Å². The molecule has 0 N–H and O–H groups in total. The van der Waals surface area contributed by atoms with Gasteiger partial charge in [-0.15, -0.1) is 0 Å². The van der Waals surface area contributed by atoms with Crippen molar-refractivity contribution in [2.75, 3.05) is 32.7 Å². The van der Waals surface area contributed by atoms with Crippen LogP contribution in [-0.2, 0) is 9.59 Å². The van der Waals surface area contributed by atoms with E-state index in [2.05, 4.69) is 25.7 Å². The number of Topliss-reactive ketones (excluding diaryl/α,β-unsaturated/α-hetero) is 1. The zero-order chi connectivity index (χ0) is 13.1. The highest BCUT2D eigenvalue weighted by molar-refractivity contribution is 5.96. The minimum absolute atomic E-state index is 0.0205. The van der Waals surface area contributed by atoms with E-state index in [1.54, 1.807) is 4.90 Å². The molecular weight excluding hydrogens is 216 g/mol. The first-order valence-electron chi connectivity index (χ1n) is 6.27. The Morgan fingerprint density at radius 2 is 1.59 bits per heavy atom. The molecule has 0 aromatic heterocycles. The van der Waals surface area contributed by atoms with Crippen molar-refractivity contribution in [2.45, 2.75) is 34.1 Å². The Morgan fingerprint density at radius 1 is 1.06 bits per heavy atom. The quantitative estimate of drug-likeness (QED) is 0.695. The number of carbonyl (C=O) groups excluding carboxylic acids is 2. The number of nitrogens with zero attached hydrogens (tertiary/aromatic N) is 2. The summed E-state index contributed by atoms with van der Waals surface area (Å²) in [7, 11) is 0. The third-order valence-electron chi connectivity index (χ3n) is 2.82. The van der Waals surface area contributed by atoms with E-state index in [1.807, 2.05) is 0 Å². The van der Waals surface area contributed by atoms with Gasteiger partial charge in [0.05, 0.1) is 6.42 Å². The van der Waals surface area contributed by atoms with Gasteiger partial charge < -0.3 is 4.90 Å². The first-order valence-corrected chi connectivity index (χ1v) is 6.27. The van der Waals surface area contributed by atoms with E-state index >= 15 is 0 Å². The van der Waals surface area contributed by atoms with Crippen molar-refractivity contribution in [3.05, 3.63) is 0 Å². The van der Waals surface area contributed by atoms with Crippen LogP contribution in [0.3, 0.4) is 0 Å². The molecule has 1 rings (SSSR count). The van der Waals surface area contributed by atoms with Gasteiger partial charge in [-0.1, -0.05) is 20.8 Å². The molecule has 4 nitrogen and oxygen atoms in total. The second-order valence-corrected chi connectivity index (χ2v) is 6.10. The fraction of sp³-hybridized carbons (Fsp3) is 0.846. The van der Waals surface area contributed by atoms with E-state index in [1.165, 1.54) is 6.92 Å². The second-order valence-electron chi connectivity index (χ2n) is 6.10.